The summed E-state index contributed by atoms with van der Waals surface area (Å²) in [5.74, 6) is 1.70. The van der Waals surface area contributed by atoms with E-state index in [-0.39, 0.29) is 24.1 Å². The Morgan fingerprint density at radius 1 is 1.29 bits per heavy atom. The van der Waals surface area contributed by atoms with Crippen LogP contribution in [0.3, 0.4) is 0 Å². The van der Waals surface area contributed by atoms with Crippen LogP contribution in [0.15, 0.2) is 29.1 Å². The van der Waals surface area contributed by atoms with Gasteiger partial charge < -0.3 is 4.90 Å². The number of nitriles is 1. The minimum atomic E-state index is -0.217. The zero-order chi connectivity index (χ0) is 19.7. The molecule has 2 fully saturated rings. The largest absolute Gasteiger partial charge is 0.343 e. The van der Waals surface area contributed by atoms with E-state index >= 15 is 0 Å². The highest BCUT2D eigenvalue weighted by Gasteiger charge is 2.47. The van der Waals surface area contributed by atoms with E-state index in [1.165, 1.54) is 12.8 Å². The van der Waals surface area contributed by atoms with Gasteiger partial charge in [-0.2, -0.15) is 10.4 Å². The predicted octanol–water partition coefficient (Wildman–Crippen LogP) is 2.20. The molecule has 1 aromatic heterocycles. The maximum atomic E-state index is 13.3. The Morgan fingerprint density at radius 2 is 2.04 bits per heavy atom. The summed E-state index contributed by atoms with van der Waals surface area (Å²) in [6.45, 7) is 3.15. The van der Waals surface area contributed by atoms with Crippen molar-refractivity contribution in [3.63, 3.8) is 0 Å². The lowest BCUT2D eigenvalue weighted by Crippen LogP contribution is -2.36. The van der Waals surface area contributed by atoms with Crippen LogP contribution in [0.2, 0.25) is 0 Å². The number of rotatable bonds is 6. The summed E-state index contributed by atoms with van der Waals surface area (Å²) in [5.41, 5.74) is 1.58. The van der Waals surface area contributed by atoms with Crippen LogP contribution in [0.5, 0.6) is 0 Å². The molecule has 1 amide bonds. The van der Waals surface area contributed by atoms with Gasteiger partial charge in [0, 0.05) is 13.1 Å². The first kappa shape index (κ1) is 18.5. The van der Waals surface area contributed by atoms with Crippen LogP contribution >= 0.6 is 0 Å². The quantitative estimate of drug-likeness (QED) is 0.832. The number of hydrogen-bond donors (Lipinski definition) is 1. The molecule has 1 aromatic carbocycles. The Labute approximate surface area is 164 Å². The SMILES string of the molecule is CCn1c(C2C(C3CC3)CCN2C(=O)Cc2ccccc2CC#N)n[nH]c1=O. The Bertz CT molecular complexity index is 966. The highest BCUT2D eigenvalue weighted by molar-refractivity contribution is 5.80. The average Bonchev–Trinajstić information content (AvgIpc) is 3.33. The molecule has 0 bridgehead atoms. The third-order valence-corrected chi connectivity index (χ3v) is 6.09. The van der Waals surface area contributed by atoms with E-state index in [0.717, 1.165) is 17.5 Å². The molecule has 2 aliphatic rings. The maximum absolute atomic E-state index is 13.3. The number of nitrogens with zero attached hydrogens (tertiary/aromatic N) is 4. The summed E-state index contributed by atoms with van der Waals surface area (Å²) >= 11 is 0. The van der Waals surface area contributed by atoms with E-state index in [1.54, 1.807) is 4.57 Å². The molecule has 1 saturated heterocycles. The summed E-state index contributed by atoms with van der Waals surface area (Å²) in [6.07, 6.45) is 3.90. The van der Waals surface area contributed by atoms with Crippen LogP contribution in [0.1, 0.15) is 49.2 Å². The predicted molar refractivity (Wildman–Crippen MR) is 103 cm³/mol. The first-order chi connectivity index (χ1) is 13.6. The Balaban J connectivity index is 1.63. The van der Waals surface area contributed by atoms with Gasteiger partial charge in [-0.15, -0.1) is 0 Å². The number of hydrogen-bond acceptors (Lipinski definition) is 4. The Hall–Kier alpha value is -2.88. The number of likely N-dealkylation sites (tertiary alicyclic amines) is 1. The zero-order valence-electron chi connectivity index (χ0n) is 16.1. The fourth-order valence-corrected chi connectivity index (χ4v) is 4.56. The molecule has 2 aromatic rings. The van der Waals surface area contributed by atoms with Gasteiger partial charge in [0.1, 0.15) is 0 Å². The molecule has 0 spiro atoms. The molecular weight excluding hydrogens is 354 g/mol. The molecule has 2 heterocycles. The van der Waals surface area contributed by atoms with Crippen LogP contribution in [0, 0.1) is 23.2 Å². The van der Waals surface area contributed by atoms with Gasteiger partial charge in [-0.05, 0) is 49.1 Å². The van der Waals surface area contributed by atoms with Gasteiger partial charge in [-0.25, -0.2) is 9.89 Å². The monoisotopic (exact) mass is 379 g/mol. The first-order valence-electron chi connectivity index (χ1n) is 10.0. The molecule has 1 aliphatic carbocycles. The van der Waals surface area contributed by atoms with E-state index in [0.29, 0.717) is 37.2 Å². The van der Waals surface area contributed by atoms with Crippen molar-refractivity contribution in [2.75, 3.05) is 6.54 Å². The van der Waals surface area contributed by atoms with Crippen molar-refractivity contribution in [1.29, 1.82) is 5.26 Å². The number of nitrogens with one attached hydrogen (secondary N) is 1. The number of aromatic nitrogens is 3. The topological polar surface area (TPSA) is 94.8 Å². The molecule has 7 heteroatoms. The van der Waals surface area contributed by atoms with Crippen molar-refractivity contribution in [2.24, 2.45) is 11.8 Å². The van der Waals surface area contributed by atoms with Crippen LogP contribution < -0.4 is 5.69 Å². The van der Waals surface area contributed by atoms with Crippen molar-refractivity contribution in [2.45, 2.75) is 51.6 Å². The lowest BCUT2D eigenvalue weighted by Gasteiger charge is -2.28. The minimum absolute atomic E-state index is 0.0386. The van der Waals surface area contributed by atoms with Gasteiger partial charge in [0.2, 0.25) is 5.91 Å². The smallest absolute Gasteiger partial charge is 0.332 e. The van der Waals surface area contributed by atoms with Gasteiger partial charge in [-0.1, -0.05) is 24.3 Å². The second-order valence-electron chi connectivity index (χ2n) is 7.73. The van der Waals surface area contributed by atoms with E-state index < -0.39 is 0 Å². The fraction of sp³-hybridized carbons (Fsp3) is 0.524. The number of aromatic amines is 1. The summed E-state index contributed by atoms with van der Waals surface area (Å²) < 4.78 is 1.65. The second kappa shape index (κ2) is 7.63. The van der Waals surface area contributed by atoms with Gasteiger partial charge in [0.25, 0.3) is 0 Å². The number of amides is 1. The molecule has 1 aliphatic heterocycles. The Morgan fingerprint density at radius 3 is 2.71 bits per heavy atom. The van der Waals surface area contributed by atoms with E-state index in [1.807, 2.05) is 36.1 Å². The van der Waals surface area contributed by atoms with E-state index in [4.69, 9.17) is 5.26 Å². The molecule has 1 N–H and O–H groups in total. The summed E-state index contributed by atoms with van der Waals surface area (Å²) in [6, 6.07) is 9.65. The number of carbonyl (C=O) groups is 1. The molecule has 4 rings (SSSR count). The van der Waals surface area contributed by atoms with Crippen molar-refractivity contribution in [1.82, 2.24) is 19.7 Å². The normalized spacial score (nSPS) is 21.6. The van der Waals surface area contributed by atoms with Crippen LogP contribution in [0.25, 0.3) is 0 Å². The lowest BCUT2D eigenvalue weighted by molar-refractivity contribution is -0.132. The molecule has 146 valence electrons. The van der Waals surface area contributed by atoms with E-state index in [2.05, 4.69) is 16.3 Å². The second-order valence-corrected chi connectivity index (χ2v) is 7.73. The summed E-state index contributed by atoms with van der Waals surface area (Å²) in [4.78, 5) is 27.3. The third kappa shape index (κ3) is 3.35. The lowest BCUT2D eigenvalue weighted by atomic mass is 9.94. The average molecular weight is 379 g/mol. The summed E-state index contributed by atoms with van der Waals surface area (Å²) in [5, 5.41) is 15.9. The molecular formula is C21H25N5O2. The Kier molecular flexibility index (Phi) is 5.03. The van der Waals surface area contributed by atoms with Crippen molar-refractivity contribution < 1.29 is 4.79 Å². The maximum Gasteiger partial charge on any atom is 0.343 e. The number of benzene rings is 1. The first-order valence-corrected chi connectivity index (χ1v) is 10.0. The highest BCUT2D eigenvalue weighted by atomic mass is 16.2. The van der Waals surface area contributed by atoms with Crippen molar-refractivity contribution in [3.05, 3.63) is 51.7 Å². The fourth-order valence-electron chi connectivity index (χ4n) is 4.56. The zero-order valence-corrected chi connectivity index (χ0v) is 16.1. The van der Waals surface area contributed by atoms with Gasteiger partial charge in [0.15, 0.2) is 5.82 Å². The van der Waals surface area contributed by atoms with Crippen LogP contribution in [0.4, 0.5) is 0 Å². The molecule has 1 saturated carbocycles. The van der Waals surface area contributed by atoms with Gasteiger partial charge in [0.05, 0.1) is 25.0 Å². The van der Waals surface area contributed by atoms with Crippen molar-refractivity contribution in [3.8, 4) is 6.07 Å². The molecule has 7 nitrogen and oxygen atoms in total. The van der Waals surface area contributed by atoms with Crippen LogP contribution in [-0.4, -0.2) is 32.1 Å². The molecule has 0 radical (unpaired) electrons. The standard InChI is InChI=1S/C21H25N5O2/c1-2-25-20(23-24-21(25)28)19-17(15-7-8-15)10-12-26(19)18(27)13-16-6-4-3-5-14(16)9-11-22/h3-6,15,17,19H,2,7-10,12-13H2,1H3,(H,24,28). The molecule has 2 unspecified atom stereocenters. The molecule has 28 heavy (non-hydrogen) atoms. The van der Waals surface area contributed by atoms with Crippen molar-refractivity contribution >= 4 is 5.91 Å². The third-order valence-electron chi connectivity index (χ3n) is 6.09. The van der Waals surface area contributed by atoms with Gasteiger partial charge in [-0.3, -0.25) is 9.36 Å². The molecule has 2 atom stereocenters. The number of H-pyrrole nitrogens is 1. The highest BCUT2D eigenvalue weighted by Crippen LogP contribution is 2.50. The van der Waals surface area contributed by atoms with Gasteiger partial charge >= 0.3 is 5.69 Å². The van der Waals surface area contributed by atoms with Crippen LogP contribution in [-0.2, 0) is 24.2 Å². The minimum Gasteiger partial charge on any atom is -0.332 e. The van der Waals surface area contributed by atoms with E-state index in [9.17, 15) is 9.59 Å². The summed E-state index contributed by atoms with van der Waals surface area (Å²) in [7, 11) is 0. The number of carbonyl (C=O) groups excluding carboxylic acids is 1.